The van der Waals surface area contributed by atoms with Crippen molar-refractivity contribution in [1.29, 1.82) is 0 Å². The molecule has 0 saturated heterocycles. The van der Waals surface area contributed by atoms with Gasteiger partial charge in [-0.3, -0.25) is 4.72 Å². The molecule has 0 spiro atoms. The van der Waals surface area contributed by atoms with Crippen molar-refractivity contribution < 1.29 is 8.42 Å². The monoisotopic (exact) mass is 303 g/mol. The molecule has 0 aliphatic carbocycles. The first-order valence-corrected chi connectivity index (χ1v) is 8.64. The van der Waals surface area contributed by atoms with Crippen molar-refractivity contribution in [3.8, 4) is 10.6 Å². The molecule has 5 nitrogen and oxygen atoms in total. The van der Waals surface area contributed by atoms with E-state index >= 15 is 0 Å². The zero-order chi connectivity index (χ0) is 13.2. The molecule has 0 aromatic carbocycles. The lowest BCUT2D eigenvalue weighted by Gasteiger charge is -2.00. The van der Waals surface area contributed by atoms with Crippen molar-refractivity contribution in [3.05, 3.63) is 22.4 Å². The number of thiazole rings is 1. The van der Waals surface area contributed by atoms with Gasteiger partial charge in [0.15, 0.2) is 5.13 Å². The molecule has 0 radical (unpaired) electrons. The summed E-state index contributed by atoms with van der Waals surface area (Å²) in [5.41, 5.74) is 6.33. The Morgan fingerprint density at radius 1 is 1.44 bits per heavy atom. The molecule has 18 heavy (non-hydrogen) atoms. The van der Waals surface area contributed by atoms with Crippen LogP contribution in [0.4, 0.5) is 5.13 Å². The number of anilines is 1. The van der Waals surface area contributed by atoms with Gasteiger partial charge in [0.1, 0.15) is 0 Å². The van der Waals surface area contributed by atoms with Gasteiger partial charge in [0.05, 0.1) is 16.3 Å². The highest BCUT2D eigenvalue weighted by Crippen LogP contribution is 2.30. The molecule has 0 atom stereocenters. The molecule has 0 aliphatic rings. The minimum Gasteiger partial charge on any atom is -0.326 e. The SMILES string of the molecule is CCS(=O)(=O)Nc1nc(-c2ccc(CN)s2)cs1. The second-order valence-corrected chi connectivity index (χ2v) is 7.55. The van der Waals surface area contributed by atoms with E-state index in [9.17, 15) is 8.42 Å². The van der Waals surface area contributed by atoms with Gasteiger partial charge < -0.3 is 5.73 Å². The van der Waals surface area contributed by atoms with Crippen molar-refractivity contribution >= 4 is 37.8 Å². The zero-order valence-electron chi connectivity index (χ0n) is 9.71. The number of nitrogens with two attached hydrogens (primary N) is 1. The number of thiophene rings is 1. The highest BCUT2D eigenvalue weighted by molar-refractivity contribution is 7.92. The highest BCUT2D eigenvalue weighted by atomic mass is 32.2. The zero-order valence-corrected chi connectivity index (χ0v) is 12.2. The smallest absolute Gasteiger partial charge is 0.234 e. The molecule has 98 valence electrons. The van der Waals surface area contributed by atoms with Gasteiger partial charge in [0.25, 0.3) is 0 Å². The molecular formula is C10H13N3O2S3. The van der Waals surface area contributed by atoms with E-state index in [1.165, 1.54) is 11.3 Å². The Hall–Kier alpha value is -0.960. The van der Waals surface area contributed by atoms with E-state index in [1.807, 2.05) is 17.5 Å². The maximum absolute atomic E-state index is 11.4. The van der Waals surface area contributed by atoms with Crippen molar-refractivity contribution in [2.24, 2.45) is 5.73 Å². The van der Waals surface area contributed by atoms with E-state index in [0.29, 0.717) is 11.7 Å². The van der Waals surface area contributed by atoms with Crippen molar-refractivity contribution in [3.63, 3.8) is 0 Å². The van der Waals surface area contributed by atoms with E-state index in [-0.39, 0.29) is 5.75 Å². The predicted molar refractivity (Wildman–Crippen MR) is 76.4 cm³/mol. The molecule has 2 heterocycles. The second-order valence-electron chi connectivity index (χ2n) is 3.51. The van der Waals surface area contributed by atoms with Crippen LogP contribution in [0.1, 0.15) is 11.8 Å². The lowest BCUT2D eigenvalue weighted by atomic mass is 10.4. The first-order chi connectivity index (χ1) is 8.54. The normalized spacial score (nSPS) is 11.7. The van der Waals surface area contributed by atoms with Gasteiger partial charge in [-0.15, -0.1) is 22.7 Å². The summed E-state index contributed by atoms with van der Waals surface area (Å²) in [5, 5.41) is 2.23. The number of hydrogen-bond donors (Lipinski definition) is 2. The number of hydrogen-bond acceptors (Lipinski definition) is 6. The maximum atomic E-state index is 11.4. The van der Waals surface area contributed by atoms with Crippen LogP contribution in [0.25, 0.3) is 10.6 Å². The Labute approximate surface area is 114 Å². The lowest BCUT2D eigenvalue weighted by Crippen LogP contribution is -2.14. The highest BCUT2D eigenvalue weighted by Gasteiger charge is 2.12. The van der Waals surface area contributed by atoms with Gasteiger partial charge in [0.2, 0.25) is 10.0 Å². The Bertz CT molecular complexity index is 630. The number of aromatic nitrogens is 1. The predicted octanol–water partition coefficient (Wildman–Crippen LogP) is 2.09. The summed E-state index contributed by atoms with van der Waals surface area (Å²) in [4.78, 5) is 6.33. The third-order valence-corrected chi connectivity index (χ3v) is 5.52. The fourth-order valence-corrected chi connectivity index (χ4v) is 3.77. The van der Waals surface area contributed by atoms with Crippen LogP contribution >= 0.6 is 22.7 Å². The Morgan fingerprint density at radius 3 is 2.83 bits per heavy atom. The van der Waals surface area contributed by atoms with Crippen LogP contribution in [-0.4, -0.2) is 19.2 Å². The van der Waals surface area contributed by atoms with Crippen LogP contribution in [0.15, 0.2) is 17.5 Å². The molecule has 3 N–H and O–H groups in total. The van der Waals surface area contributed by atoms with Gasteiger partial charge in [-0.05, 0) is 19.1 Å². The summed E-state index contributed by atoms with van der Waals surface area (Å²) in [5.74, 6) is 0.0399. The van der Waals surface area contributed by atoms with Crippen LogP contribution in [0.3, 0.4) is 0 Å². The van der Waals surface area contributed by atoms with Gasteiger partial charge in [0, 0.05) is 16.8 Å². The fourth-order valence-electron chi connectivity index (χ4n) is 1.26. The fraction of sp³-hybridized carbons (Fsp3) is 0.300. The van der Waals surface area contributed by atoms with Gasteiger partial charge in [-0.25, -0.2) is 13.4 Å². The quantitative estimate of drug-likeness (QED) is 0.885. The minimum absolute atomic E-state index is 0.0399. The molecule has 0 unspecified atom stereocenters. The molecule has 0 saturated carbocycles. The Balaban J connectivity index is 2.20. The lowest BCUT2D eigenvalue weighted by molar-refractivity contribution is 0.602. The first-order valence-electron chi connectivity index (χ1n) is 5.29. The van der Waals surface area contributed by atoms with Crippen LogP contribution in [0.5, 0.6) is 0 Å². The largest absolute Gasteiger partial charge is 0.326 e. The topological polar surface area (TPSA) is 85.1 Å². The molecule has 0 amide bonds. The molecule has 2 rings (SSSR count). The third kappa shape index (κ3) is 3.08. The average molecular weight is 303 g/mol. The maximum Gasteiger partial charge on any atom is 0.234 e. The molecule has 0 fully saturated rings. The van der Waals surface area contributed by atoms with Crippen LogP contribution < -0.4 is 10.5 Å². The average Bonchev–Trinajstić information content (AvgIpc) is 2.96. The first kappa shape index (κ1) is 13.5. The summed E-state index contributed by atoms with van der Waals surface area (Å²) >= 11 is 2.84. The van der Waals surface area contributed by atoms with Crippen LogP contribution in [0, 0.1) is 0 Å². The Kier molecular flexibility index (Phi) is 4.00. The molecule has 8 heteroatoms. The van der Waals surface area contributed by atoms with Crippen molar-refractivity contribution in [2.75, 3.05) is 10.5 Å². The van der Waals surface area contributed by atoms with Crippen LogP contribution in [0.2, 0.25) is 0 Å². The summed E-state index contributed by atoms with van der Waals surface area (Å²) < 4.78 is 25.3. The van der Waals surface area contributed by atoms with Crippen molar-refractivity contribution in [1.82, 2.24) is 4.98 Å². The molecule has 2 aromatic heterocycles. The third-order valence-electron chi connectivity index (χ3n) is 2.24. The van der Waals surface area contributed by atoms with E-state index in [1.54, 1.807) is 18.3 Å². The summed E-state index contributed by atoms with van der Waals surface area (Å²) in [6, 6.07) is 3.90. The molecule has 0 bridgehead atoms. The summed E-state index contributed by atoms with van der Waals surface area (Å²) in [6.45, 7) is 2.09. The number of nitrogens with zero attached hydrogens (tertiary/aromatic N) is 1. The molecule has 2 aromatic rings. The number of nitrogens with one attached hydrogen (secondary N) is 1. The Morgan fingerprint density at radius 2 is 2.22 bits per heavy atom. The van der Waals surface area contributed by atoms with E-state index in [4.69, 9.17) is 5.73 Å². The minimum atomic E-state index is -3.26. The van der Waals surface area contributed by atoms with Crippen molar-refractivity contribution in [2.45, 2.75) is 13.5 Å². The standard InChI is InChI=1S/C10H13N3O2S3/c1-2-18(14,15)13-10-12-8(6-16-10)9-4-3-7(5-11)17-9/h3-4,6H,2,5,11H2,1H3,(H,12,13). The molecular weight excluding hydrogens is 290 g/mol. The van der Waals surface area contributed by atoms with Gasteiger partial charge >= 0.3 is 0 Å². The van der Waals surface area contributed by atoms with Crippen LogP contribution in [-0.2, 0) is 16.6 Å². The van der Waals surface area contributed by atoms with Gasteiger partial charge in [-0.2, -0.15) is 0 Å². The number of sulfonamides is 1. The van der Waals surface area contributed by atoms with E-state index in [2.05, 4.69) is 9.71 Å². The summed E-state index contributed by atoms with van der Waals surface area (Å²) in [7, 11) is -3.26. The second kappa shape index (κ2) is 5.35. The van der Waals surface area contributed by atoms with E-state index < -0.39 is 10.0 Å². The van der Waals surface area contributed by atoms with Gasteiger partial charge in [-0.1, -0.05) is 0 Å². The summed E-state index contributed by atoms with van der Waals surface area (Å²) in [6.07, 6.45) is 0. The number of rotatable bonds is 5. The molecule has 0 aliphatic heterocycles. The van der Waals surface area contributed by atoms with E-state index in [0.717, 1.165) is 15.4 Å².